The summed E-state index contributed by atoms with van der Waals surface area (Å²) in [6.07, 6.45) is 5.88. The zero-order valence-corrected chi connectivity index (χ0v) is 9.47. The van der Waals surface area contributed by atoms with Crippen molar-refractivity contribution in [2.75, 3.05) is 11.5 Å². The van der Waals surface area contributed by atoms with Gasteiger partial charge in [0.2, 0.25) is 0 Å². The van der Waals surface area contributed by atoms with Gasteiger partial charge in [0, 0.05) is 0 Å². The van der Waals surface area contributed by atoms with Crippen LogP contribution in [0.2, 0.25) is 0 Å². The van der Waals surface area contributed by atoms with Crippen LogP contribution in [0.15, 0.2) is 0 Å². The third-order valence-electron chi connectivity index (χ3n) is 1.33. The van der Waals surface area contributed by atoms with Gasteiger partial charge in [-0.2, -0.15) is 11.8 Å². The molecule has 0 nitrogen and oxygen atoms in total. The second-order valence-electron chi connectivity index (χ2n) is 2.03. The molecular weight excluding hydrogens is 152 g/mol. The van der Waals surface area contributed by atoms with Crippen molar-refractivity contribution in [2.24, 2.45) is 0 Å². The maximum atomic E-state index is 2.12. The predicted molar refractivity (Wildman–Crippen MR) is 58.5 cm³/mol. The van der Waals surface area contributed by atoms with Crippen LogP contribution in [0.4, 0.5) is 0 Å². The van der Waals surface area contributed by atoms with E-state index in [4.69, 9.17) is 0 Å². The quantitative estimate of drug-likeness (QED) is 0.529. The van der Waals surface area contributed by atoms with Gasteiger partial charge in [0.25, 0.3) is 0 Å². The van der Waals surface area contributed by atoms with Crippen molar-refractivity contribution in [2.45, 2.75) is 53.4 Å². The van der Waals surface area contributed by atoms with E-state index in [0.29, 0.717) is 0 Å². The van der Waals surface area contributed by atoms with E-state index >= 15 is 0 Å². The van der Waals surface area contributed by atoms with Crippen molar-refractivity contribution in [1.29, 1.82) is 0 Å². The lowest BCUT2D eigenvalue weighted by Crippen LogP contribution is -1.71. The van der Waals surface area contributed by atoms with Gasteiger partial charge in [-0.3, -0.25) is 0 Å². The van der Waals surface area contributed by atoms with E-state index in [1.165, 1.54) is 37.2 Å². The molecule has 0 aliphatic carbocycles. The summed E-state index contributed by atoms with van der Waals surface area (Å²) < 4.78 is 0. The topological polar surface area (TPSA) is 0 Å². The summed E-state index contributed by atoms with van der Waals surface area (Å²) in [6.45, 7) is 8.00. The van der Waals surface area contributed by atoms with Gasteiger partial charge in [-0.15, -0.1) is 0 Å². The molecule has 0 radical (unpaired) electrons. The van der Waals surface area contributed by atoms with E-state index in [2.05, 4.69) is 11.8 Å². The number of hydrogen-bond acceptors (Lipinski definition) is 1. The molecule has 0 N–H and O–H groups in total. The molecule has 0 aromatic heterocycles. The minimum Gasteiger partial charge on any atom is -0.162 e. The van der Waals surface area contributed by atoms with Crippen LogP contribution in [0.3, 0.4) is 0 Å². The second-order valence-corrected chi connectivity index (χ2v) is 3.25. The fraction of sp³-hybridized carbons (Fsp3) is 1.00. The van der Waals surface area contributed by atoms with Gasteiger partial charge in [-0.05, 0) is 24.3 Å². The minimum absolute atomic E-state index is 1.42. The summed E-state index contributed by atoms with van der Waals surface area (Å²) in [5.74, 6) is 2.83. The first-order valence-electron chi connectivity index (χ1n) is 5.08. The van der Waals surface area contributed by atoms with Crippen LogP contribution in [-0.4, -0.2) is 11.5 Å². The highest BCUT2D eigenvalue weighted by atomic mass is 32.2. The largest absolute Gasteiger partial charge is 0.162 e. The molecule has 1 aliphatic heterocycles. The molecule has 0 atom stereocenters. The Hall–Kier alpha value is 0.350. The van der Waals surface area contributed by atoms with Crippen LogP contribution in [0.25, 0.3) is 0 Å². The molecule has 1 fully saturated rings. The first-order chi connectivity index (χ1) is 5.50. The predicted octanol–water partition coefficient (Wildman–Crippen LogP) is 4.35. The van der Waals surface area contributed by atoms with Crippen LogP contribution >= 0.6 is 11.8 Å². The van der Waals surface area contributed by atoms with Gasteiger partial charge in [0.05, 0.1) is 0 Å². The second kappa shape index (κ2) is 16.7. The van der Waals surface area contributed by atoms with Crippen LogP contribution < -0.4 is 0 Å². The zero-order valence-electron chi connectivity index (χ0n) is 8.65. The van der Waals surface area contributed by atoms with Crippen molar-refractivity contribution in [3.05, 3.63) is 0 Å². The van der Waals surface area contributed by atoms with Crippen LogP contribution in [-0.2, 0) is 0 Å². The maximum absolute atomic E-state index is 2.12. The lowest BCUT2D eigenvalue weighted by Gasteiger charge is -1.86. The number of rotatable bonds is 0. The van der Waals surface area contributed by atoms with Crippen molar-refractivity contribution >= 4 is 11.8 Å². The Kier molecular flexibility index (Phi) is 21.2. The Morgan fingerprint density at radius 1 is 0.636 bits per heavy atom. The van der Waals surface area contributed by atoms with E-state index in [1.54, 1.807) is 0 Å². The Balaban J connectivity index is 0. The van der Waals surface area contributed by atoms with Crippen LogP contribution in [0.1, 0.15) is 53.4 Å². The Labute approximate surface area is 77.2 Å². The van der Waals surface area contributed by atoms with Crippen molar-refractivity contribution < 1.29 is 0 Å². The monoisotopic (exact) mass is 176 g/mol. The van der Waals surface area contributed by atoms with Crippen molar-refractivity contribution in [1.82, 2.24) is 0 Å². The maximum Gasteiger partial charge on any atom is -0.00675 e. The fourth-order valence-corrected chi connectivity index (χ4v) is 1.88. The van der Waals surface area contributed by atoms with E-state index in [0.717, 1.165) is 0 Å². The third kappa shape index (κ3) is 13.4. The summed E-state index contributed by atoms with van der Waals surface area (Å²) in [5, 5.41) is 0. The molecule has 0 aromatic rings. The smallest absolute Gasteiger partial charge is 0.00675 e. The highest BCUT2D eigenvalue weighted by Gasteiger charge is 1.95. The highest BCUT2D eigenvalue weighted by molar-refractivity contribution is 7.99. The molecular formula is C10H24S. The fourth-order valence-electron chi connectivity index (χ4n) is 0.864. The van der Waals surface area contributed by atoms with Crippen LogP contribution in [0, 0.1) is 0 Å². The molecule has 0 spiro atoms. The first kappa shape index (κ1) is 13.9. The molecule has 11 heavy (non-hydrogen) atoms. The average Bonchev–Trinajstić information content (AvgIpc) is 2.42. The van der Waals surface area contributed by atoms with E-state index in [1.807, 2.05) is 27.7 Å². The zero-order chi connectivity index (χ0) is 8.95. The molecule has 1 heterocycles. The van der Waals surface area contributed by atoms with E-state index in [-0.39, 0.29) is 0 Å². The molecule has 0 saturated carbocycles. The minimum atomic E-state index is 1.42. The Morgan fingerprint density at radius 3 is 1.36 bits per heavy atom. The SMILES string of the molecule is C1CCCSCC1.CC.CC. The molecule has 70 valence electrons. The summed E-state index contributed by atoms with van der Waals surface area (Å²) in [4.78, 5) is 0. The molecule has 0 bridgehead atoms. The van der Waals surface area contributed by atoms with Gasteiger partial charge in [0.15, 0.2) is 0 Å². The molecule has 1 rings (SSSR count). The van der Waals surface area contributed by atoms with E-state index in [9.17, 15) is 0 Å². The highest BCUT2D eigenvalue weighted by Crippen LogP contribution is 2.15. The first-order valence-corrected chi connectivity index (χ1v) is 6.23. The van der Waals surface area contributed by atoms with E-state index < -0.39 is 0 Å². The molecule has 0 amide bonds. The molecule has 0 unspecified atom stereocenters. The third-order valence-corrected chi connectivity index (χ3v) is 2.48. The number of thioether (sulfide) groups is 1. The normalized spacial score (nSPS) is 16.4. The van der Waals surface area contributed by atoms with Crippen molar-refractivity contribution in [3.8, 4) is 0 Å². The van der Waals surface area contributed by atoms with Gasteiger partial charge < -0.3 is 0 Å². The average molecular weight is 176 g/mol. The van der Waals surface area contributed by atoms with Gasteiger partial charge in [-0.25, -0.2) is 0 Å². The molecule has 1 saturated heterocycles. The Bertz CT molecular complexity index is 24.5. The van der Waals surface area contributed by atoms with Gasteiger partial charge in [-0.1, -0.05) is 40.5 Å². The summed E-state index contributed by atoms with van der Waals surface area (Å²) in [7, 11) is 0. The lowest BCUT2D eigenvalue weighted by atomic mass is 10.2. The molecule has 1 heteroatoms. The summed E-state index contributed by atoms with van der Waals surface area (Å²) in [6, 6.07) is 0. The summed E-state index contributed by atoms with van der Waals surface area (Å²) >= 11 is 2.12. The Morgan fingerprint density at radius 2 is 1.00 bits per heavy atom. The lowest BCUT2D eigenvalue weighted by molar-refractivity contribution is 0.726. The van der Waals surface area contributed by atoms with Gasteiger partial charge in [0.1, 0.15) is 0 Å². The standard InChI is InChI=1S/C6H12S.2C2H6/c1-2-4-6-7-5-3-1;2*1-2/h1-6H2;2*1-2H3. The summed E-state index contributed by atoms with van der Waals surface area (Å²) in [5.41, 5.74) is 0. The molecule has 1 aliphatic rings. The van der Waals surface area contributed by atoms with Gasteiger partial charge >= 0.3 is 0 Å². The van der Waals surface area contributed by atoms with Crippen LogP contribution in [0.5, 0.6) is 0 Å². The molecule has 0 aromatic carbocycles. The number of hydrogen-bond donors (Lipinski definition) is 0. The van der Waals surface area contributed by atoms with Crippen molar-refractivity contribution in [3.63, 3.8) is 0 Å².